The van der Waals surface area contributed by atoms with Crippen LogP contribution in [0.1, 0.15) is 23.1 Å². The lowest BCUT2D eigenvalue weighted by Crippen LogP contribution is -2.41. The number of amides is 3. The van der Waals surface area contributed by atoms with Gasteiger partial charge in [-0.3, -0.25) is 14.5 Å². The van der Waals surface area contributed by atoms with Crippen LogP contribution >= 0.6 is 11.3 Å². The molecule has 1 atom stereocenters. The number of nitrogens with one attached hydrogen (secondary N) is 2. The molecule has 1 unspecified atom stereocenters. The molecule has 0 saturated heterocycles. The second-order valence-electron chi connectivity index (χ2n) is 9.23. The Balaban J connectivity index is 1.64. The summed E-state index contributed by atoms with van der Waals surface area (Å²) in [5.41, 5.74) is 1.47. The Morgan fingerprint density at radius 3 is 2.50 bits per heavy atom. The fourth-order valence-corrected chi connectivity index (χ4v) is 6.88. The average Bonchev–Trinajstić information content (AvgIpc) is 3.66. The minimum Gasteiger partial charge on any atom is -0.452 e. The zero-order valence-corrected chi connectivity index (χ0v) is 23.7. The van der Waals surface area contributed by atoms with E-state index in [0.29, 0.717) is 16.0 Å². The maximum Gasteiger partial charge on any atom is 0.413 e. The van der Waals surface area contributed by atoms with Crippen molar-refractivity contribution in [2.75, 3.05) is 45.1 Å². The molecule has 14 heteroatoms. The first-order chi connectivity index (χ1) is 19.0. The first kappa shape index (κ1) is 29.4. The van der Waals surface area contributed by atoms with Gasteiger partial charge < -0.3 is 20.1 Å². The number of aromatic nitrogens is 1. The van der Waals surface area contributed by atoms with Gasteiger partial charge in [0, 0.05) is 37.5 Å². The monoisotopic (exact) mass is 592 g/mol. The fraction of sp³-hybridized carbons (Fsp3) is 0.385. The van der Waals surface area contributed by atoms with Gasteiger partial charge in [0.05, 0.1) is 36.2 Å². The van der Waals surface area contributed by atoms with Crippen molar-refractivity contribution in [3.63, 3.8) is 0 Å². The van der Waals surface area contributed by atoms with Crippen LogP contribution in [0.25, 0.3) is 21.3 Å². The summed E-state index contributed by atoms with van der Waals surface area (Å²) in [6, 6.07) is 9.35. The van der Waals surface area contributed by atoms with Crippen LogP contribution < -0.4 is 15.5 Å². The molecule has 1 fully saturated rings. The summed E-state index contributed by atoms with van der Waals surface area (Å²) in [6.07, 6.45) is 1.18. The summed E-state index contributed by atoms with van der Waals surface area (Å²) in [6.45, 7) is -0.518. The van der Waals surface area contributed by atoms with Crippen LogP contribution in [0.3, 0.4) is 0 Å². The molecule has 1 heterocycles. The third-order valence-electron chi connectivity index (χ3n) is 6.27. The lowest BCUT2D eigenvalue weighted by molar-refractivity contribution is -0.126. The molecule has 1 saturated carbocycles. The summed E-state index contributed by atoms with van der Waals surface area (Å²) in [7, 11) is 0.0561. The molecule has 2 N–H and O–H groups in total. The summed E-state index contributed by atoms with van der Waals surface area (Å²) in [5, 5.41) is 3.38. The number of nitrogens with zero attached hydrogens (tertiary/aromatic N) is 2. The van der Waals surface area contributed by atoms with Crippen molar-refractivity contribution in [2.45, 2.75) is 24.1 Å². The minimum absolute atomic E-state index is 0.0437. The highest BCUT2D eigenvalue weighted by atomic mass is 32.2. The van der Waals surface area contributed by atoms with Crippen LogP contribution in [0.2, 0.25) is 0 Å². The van der Waals surface area contributed by atoms with E-state index in [0.717, 1.165) is 24.2 Å². The van der Waals surface area contributed by atoms with Crippen molar-refractivity contribution in [3.05, 3.63) is 47.2 Å². The number of anilines is 1. The molecular formula is C26H29FN4O7S2. The number of methoxy groups -OCH3 is 2. The van der Waals surface area contributed by atoms with E-state index in [-0.39, 0.29) is 35.3 Å². The standard InChI is InChI=1S/C26H29FN4O7S2/c1-31(26(34)38-3)17-8-4-15(5-9-17)18-12-21-20(13-19(18)27)30-25(39-21)23(40(35,36)11-10-37-2)24(33)28-14-22(32)29-16-6-7-16/h4-5,8-9,12-13,16,23H,6-7,10-11,14H2,1-3H3,(H,28,33)(H,29,32). The van der Waals surface area contributed by atoms with Gasteiger partial charge in [-0.25, -0.2) is 22.6 Å². The van der Waals surface area contributed by atoms with Crippen LogP contribution in [0.4, 0.5) is 14.9 Å². The van der Waals surface area contributed by atoms with Crippen molar-refractivity contribution in [1.82, 2.24) is 15.6 Å². The molecule has 0 spiro atoms. The van der Waals surface area contributed by atoms with Gasteiger partial charge in [0.1, 0.15) is 10.8 Å². The lowest BCUT2D eigenvalue weighted by Gasteiger charge is -2.16. The van der Waals surface area contributed by atoms with E-state index in [1.165, 1.54) is 31.3 Å². The van der Waals surface area contributed by atoms with Crippen molar-refractivity contribution in [3.8, 4) is 11.1 Å². The highest BCUT2D eigenvalue weighted by molar-refractivity contribution is 7.92. The Hall–Kier alpha value is -3.62. The van der Waals surface area contributed by atoms with E-state index < -0.39 is 44.6 Å². The van der Waals surface area contributed by atoms with Gasteiger partial charge >= 0.3 is 6.09 Å². The van der Waals surface area contributed by atoms with E-state index in [9.17, 15) is 22.8 Å². The summed E-state index contributed by atoms with van der Waals surface area (Å²) >= 11 is 0.953. The molecule has 40 heavy (non-hydrogen) atoms. The number of ether oxygens (including phenoxy) is 2. The van der Waals surface area contributed by atoms with E-state index in [1.54, 1.807) is 31.3 Å². The number of halogens is 1. The first-order valence-corrected chi connectivity index (χ1v) is 14.9. The fourth-order valence-electron chi connectivity index (χ4n) is 3.92. The number of carbonyl (C=O) groups is 3. The van der Waals surface area contributed by atoms with Crippen molar-refractivity contribution >= 4 is 55.0 Å². The van der Waals surface area contributed by atoms with Gasteiger partial charge in [-0.15, -0.1) is 11.3 Å². The van der Waals surface area contributed by atoms with Crippen molar-refractivity contribution in [2.24, 2.45) is 0 Å². The van der Waals surface area contributed by atoms with Gasteiger partial charge in [0.25, 0.3) is 0 Å². The van der Waals surface area contributed by atoms with E-state index in [2.05, 4.69) is 15.6 Å². The molecule has 3 aromatic rings. The second-order valence-corrected chi connectivity index (χ2v) is 12.5. The summed E-state index contributed by atoms with van der Waals surface area (Å²) in [4.78, 5) is 42.5. The number of hydrogen-bond donors (Lipinski definition) is 2. The topological polar surface area (TPSA) is 144 Å². The van der Waals surface area contributed by atoms with E-state index >= 15 is 4.39 Å². The number of thiazole rings is 1. The highest BCUT2D eigenvalue weighted by Crippen LogP contribution is 2.36. The molecule has 3 amide bonds. The van der Waals surface area contributed by atoms with Crippen molar-refractivity contribution < 1.29 is 36.7 Å². The summed E-state index contributed by atoms with van der Waals surface area (Å²) in [5.74, 6) is -2.35. The van der Waals surface area contributed by atoms with Gasteiger partial charge in [-0.2, -0.15) is 0 Å². The van der Waals surface area contributed by atoms with Crippen molar-refractivity contribution in [1.29, 1.82) is 0 Å². The molecule has 4 rings (SSSR count). The second kappa shape index (κ2) is 12.3. The zero-order chi connectivity index (χ0) is 29.0. The molecule has 11 nitrogen and oxygen atoms in total. The highest BCUT2D eigenvalue weighted by Gasteiger charge is 2.37. The van der Waals surface area contributed by atoms with Crippen LogP contribution in [0.5, 0.6) is 0 Å². The van der Waals surface area contributed by atoms with Crippen LogP contribution in [0, 0.1) is 5.82 Å². The third kappa shape index (κ3) is 6.74. The normalized spacial score (nSPS) is 14.0. The molecule has 1 aliphatic rings. The molecule has 1 aliphatic carbocycles. The lowest BCUT2D eigenvalue weighted by atomic mass is 10.0. The van der Waals surface area contributed by atoms with Crippen LogP contribution in [-0.4, -0.2) is 77.5 Å². The molecule has 0 bridgehead atoms. The Labute approximate surface area is 234 Å². The maximum atomic E-state index is 15.2. The van der Waals surface area contributed by atoms with E-state index in [1.807, 2.05) is 0 Å². The number of carbonyl (C=O) groups excluding carboxylic acids is 3. The molecule has 1 aromatic heterocycles. The Kier molecular flexibility index (Phi) is 9.01. The molecule has 214 valence electrons. The van der Waals surface area contributed by atoms with Gasteiger partial charge in [0.15, 0.2) is 15.1 Å². The number of sulfone groups is 1. The number of rotatable bonds is 11. The number of fused-ring (bicyclic) bond motifs is 1. The number of benzene rings is 2. The number of hydrogen-bond acceptors (Lipinski definition) is 9. The van der Waals surface area contributed by atoms with Gasteiger partial charge in [-0.1, -0.05) is 12.1 Å². The SMILES string of the molecule is COCCS(=O)(=O)C(C(=O)NCC(=O)NC1CC1)c1nc2cc(F)c(-c3ccc(N(C)C(=O)OC)cc3)cc2s1. The Morgan fingerprint density at radius 2 is 1.88 bits per heavy atom. The Bertz CT molecular complexity index is 1520. The summed E-state index contributed by atoms with van der Waals surface area (Å²) < 4.78 is 51.6. The van der Waals surface area contributed by atoms with Gasteiger partial charge in [-0.05, 0) is 36.6 Å². The molecule has 2 aromatic carbocycles. The molecular weight excluding hydrogens is 563 g/mol. The Morgan fingerprint density at radius 1 is 1.18 bits per heavy atom. The maximum absolute atomic E-state index is 15.2. The predicted molar refractivity (Wildman–Crippen MR) is 148 cm³/mol. The van der Waals surface area contributed by atoms with Gasteiger partial charge in [0.2, 0.25) is 11.8 Å². The zero-order valence-electron chi connectivity index (χ0n) is 22.1. The predicted octanol–water partition coefficient (Wildman–Crippen LogP) is 2.80. The molecule has 0 aliphatic heterocycles. The van der Waals surface area contributed by atoms with Crippen LogP contribution in [-0.2, 0) is 28.9 Å². The average molecular weight is 593 g/mol. The largest absolute Gasteiger partial charge is 0.452 e. The minimum atomic E-state index is -4.09. The first-order valence-electron chi connectivity index (χ1n) is 12.3. The quantitative estimate of drug-likeness (QED) is 0.346. The van der Waals surface area contributed by atoms with E-state index in [4.69, 9.17) is 9.47 Å². The smallest absolute Gasteiger partial charge is 0.413 e. The molecule has 0 radical (unpaired) electrons. The van der Waals surface area contributed by atoms with Crippen LogP contribution in [0.15, 0.2) is 36.4 Å². The third-order valence-corrected chi connectivity index (χ3v) is 9.39.